The molecule has 0 spiro atoms. The minimum absolute atomic E-state index is 0.220. The number of hydrogen-bond donors (Lipinski definition) is 0. The van der Waals surface area contributed by atoms with Crippen LogP contribution < -0.4 is 0 Å². The average Bonchev–Trinajstić information content (AvgIpc) is 2.69. The van der Waals surface area contributed by atoms with Crippen LogP contribution in [0.2, 0.25) is 0 Å². The molecule has 1 aromatic carbocycles. The van der Waals surface area contributed by atoms with E-state index >= 15 is 0 Å². The van der Waals surface area contributed by atoms with E-state index in [1.165, 1.54) is 19.2 Å². The van der Waals surface area contributed by atoms with E-state index < -0.39 is 0 Å². The van der Waals surface area contributed by atoms with Gasteiger partial charge in [0.15, 0.2) is 0 Å². The fourth-order valence-electron chi connectivity index (χ4n) is 2.12. The number of aryl methyl sites for hydroxylation is 1. The Hall–Kier alpha value is -2.17. The number of hydrogen-bond acceptors (Lipinski definition) is 3. The Morgan fingerprint density at radius 1 is 1.30 bits per heavy atom. The van der Waals surface area contributed by atoms with Crippen molar-refractivity contribution in [2.75, 3.05) is 7.11 Å². The second kappa shape index (κ2) is 5.86. The van der Waals surface area contributed by atoms with Crippen molar-refractivity contribution in [3.8, 4) is 0 Å². The molecule has 0 aliphatic rings. The molecular weight excluding hydrogens is 259 g/mol. The van der Waals surface area contributed by atoms with Gasteiger partial charge in [-0.25, -0.2) is 4.39 Å². The minimum Gasteiger partial charge on any atom is -0.469 e. The molecule has 0 N–H and O–H groups in total. The van der Waals surface area contributed by atoms with Gasteiger partial charge in [-0.05, 0) is 31.5 Å². The average molecular weight is 276 g/mol. The predicted octanol–water partition coefficient (Wildman–Crippen LogP) is 2.40. The topological polar surface area (TPSA) is 44.1 Å². The van der Waals surface area contributed by atoms with E-state index in [4.69, 9.17) is 0 Å². The van der Waals surface area contributed by atoms with Gasteiger partial charge >= 0.3 is 5.97 Å². The molecule has 0 saturated carbocycles. The Bertz CT molecular complexity index is 618. The van der Waals surface area contributed by atoms with Gasteiger partial charge in [0.25, 0.3) is 0 Å². The maximum Gasteiger partial charge on any atom is 0.310 e. The number of esters is 1. The highest BCUT2D eigenvalue weighted by molar-refractivity contribution is 5.73. The molecule has 5 heteroatoms. The molecule has 1 heterocycles. The van der Waals surface area contributed by atoms with Crippen molar-refractivity contribution in [1.29, 1.82) is 0 Å². The van der Waals surface area contributed by atoms with Gasteiger partial charge in [0, 0.05) is 11.3 Å². The Morgan fingerprint density at radius 2 is 1.95 bits per heavy atom. The summed E-state index contributed by atoms with van der Waals surface area (Å²) in [4.78, 5) is 11.4. The highest BCUT2D eigenvalue weighted by Gasteiger charge is 2.15. The number of benzene rings is 1. The van der Waals surface area contributed by atoms with Crippen LogP contribution in [0.4, 0.5) is 4.39 Å². The molecule has 0 saturated heterocycles. The summed E-state index contributed by atoms with van der Waals surface area (Å²) in [6.07, 6.45) is 0.220. The van der Waals surface area contributed by atoms with Crippen molar-refractivity contribution < 1.29 is 13.9 Å². The van der Waals surface area contributed by atoms with Crippen LogP contribution >= 0.6 is 0 Å². The summed E-state index contributed by atoms with van der Waals surface area (Å²) in [5, 5.41) is 4.43. The number of aromatic nitrogens is 2. The zero-order valence-corrected chi connectivity index (χ0v) is 11.8. The third-order valence-corrected chi connectivity index (χ3v) is 3.33. The van der Waals surface area contributed by atoms with Crippen molar-refractivity contribution in [2.24, 2.45) is 0 Å². The van der Waals surface area contributed by atoms with Crippen molar-refractivity contribution >= 4 is 5.97 Å². The molecule has 0 fully saturated rings. The molecule has 106 valence electrons. The molecule has 0 atom stereocenters. The number of ether oxygens (including phenoxy) is 1. The summed E-state index contributed by atoms with van der Waals surface area (Å²) in [6, 6.07) is 6.31. The van der Waals surface area contributed by atoms with Gasteiger partial charge in [0.1, 0.15) is 5.82 Å². The van der Waals surface area contributed by atoms with Crippen molar-refractivity contribution in [1.82, 2.24) is 9.78 Å². The number of rotatable bonds is 4. The van der Waals surface area contributed by atoms with Gasteiger partial charge in [-0.1, -0.05) is 12.1 Å². The summed E-state index contributed by atoms with van der Waals surface area (Å²) < 4.78 is 19.4. The van der Waals surface area contributed by atoms with Crippen LogP contribution in [-0.4, -0.2) is 22.9 Å². The summed E-state index contributed by atoms with van der Waals surface area (Å²) in [5.41, 5.74) is 3.59. The van der Waals surface area contributed by atoms with E-state index in [0.29, 0.717) is 6.54 Å². The van der Waals surface area contributed by atoms with Gasteiger partial charge in [0.2, 0.25) is 0 Å². The monoisotopic (exact) mass is 276 g/mol. The van der Waals surface area contributed by atoms with Gasteiger partial charge in [-0.15, -0.1) is 0 Å². The zero-order valence-electron chi connectivity index (χ0n) is 11.8. The Balaban J connectivity index is 2.23. The third kappa shape index (κ3) is 3.04. The summed E-state index contributed by atoms with van der Waals surface area (Å²) >= 11 is 0. The van der Waals surface area contributed by atoms with Crippen molar-refractivity contribution in [2.45, 2.75) is 26.8 Å². The molecular formula is C15H17FN2O2. The second-order valence-electron chi connectivity index (χ2n) is 4.69. The molecule has 0 aliphatic heterocycles. The number of methoxy groups -OCH3 is 1. The molecule has 0 unspecified atom stereocenters. The van der Waals surface area contributed by atoms with E-state index in [-0.39, 0.29) is 18.2 Å². The molecule has 0 aliphatic carbocycles. The Morgan fingerprint density at radius 3 is 2.55 bits per heavy atom. The van der Waals surface area contributed by atoms with Crippen LogP contribution in [-0.2, 0) is 22.5 Å². The largest absolute Gasteiger partial charge is 0.469 e. The lowest BCUT2D eigenvalue weighted by atomic mass is 10.1. The highest BCUT2D eigenvalue weighted by atomic mass is 19.1. The van der Waals surface area contributed by atoms with Crippen LogP contribution in [0, 0.1) is 19.7 Å². The predicted molar refractivity (Wildman–Crippen MR) is 72.9 cm³/mol. The normalized spacial score (nSPS) is 10.6. The maximum atomic E-state index is 12.9. The van der Waals surface area contributed by atoms with E-state index in [0.717, 1.165) is 22.5 Å². The first kappa shape index (κ1) is 14.2. The van der Waals surface area contributed by atoms with E-state index in [9.17, 15) is 9.18 Å². The summed E-state index contributed by atoms with van der Waals surface area (Å²) in [6.45, 7) is 4.34. The fourth-order valence-corrected chi connectivity index (χ4v) is 2.12. The number of carbonyl (C=O) groups excluding carboxylic acids is 1. The lowest BCUT2D eigenvalue weighted by Gasteiger charge is -2.05. The smallest absolute Gasteiger partial charge is 0.310 e. The zero-order chi connectivity index (χ0) is 14.7. The first-order valence-corrected chi connectivity index (χ1v) is 6.35. The van der Waals surface area contributed by atoms with E-state index in [1.807, 2.05) is 18.5 Å². The second-order valence-corrected chi connectivity index (χ2v) is 4.69. The minimum atomic E-state index is -0.280. The number of nitrogens with zero attached hydrogens (tertiary/aromatic N) is 2. The van der Waals surface area contributed by atoms with Crippen molar-refractivity contribution in [3.63, 3.8) is 0 Å². The van der Waals surface area contributed by atoms with Crippen LogP contribution in [0.3, 0.4) is 0 Å². The highest BCUT2D eigenvalue weighted by Crippen LogP contribution is 2.16. The van der Waals surface area contributed by atoms with Gasteiger partial charge in [0.05, 0.1) is 25.8 Å². The summed E-state index contributed by atoms with van der Waals surface area (Å²) in [7, 11) is 1.37. The molecule has 2 rings (SSSR count). The van der Waals surface area contributed by atoms with E-state index in [1.54, 1.807) is 12.1 Å². The van der Waals surface area contributed by atoms with E-state index in [2.05, 4.69) is 9.84 Å². The lowest BCUT2D eigenvalue weighted by molar-refractivity contribution is -0.139. The molecule has 2 aromatic rings. The number of halogens is 1. The van der Waals surface area contributed by atoms with Gasteiger partial charge in [-0.2, -0.15) is 5.10 Å². The maximum absolute atomic E-state index is 12.9. The fraction of sp³-hybridized carbons (Fsp3) is 0.333. The lowest BCUT2D eigenvalue weighted by Crippen LogP contribution is -2.07. The van der Waals surface area contributed by atoms with Gasteiger partial charge < -0.3 is 4.74 Å². The third-order valence-electron chi connectivity index (χ3n) is 3.33. The molecule has 0 amide bonds. The first-order chi connectivity index (χ1) is 9.51. The number of carbonyl (C=O) groups is 1. The summed E-state index contributed by atoms with van der Waals surface area (Å²) in [5.74, 6) is -0.536. The Labute approximate surface area is 117 Å². The van der Waals surface area contributed by atoms with Crippen molar-refractivity contribution in [3.05, 3.63) is 52.6 Å². The Kier molecular flexibility index (Phi) is 4.17. The standard InChI is InChI=1S/C15H17FN2O2/c1-10-14(8-15(19)20-3)11(2)18(17-10)9-12-4-6-13(16)7-5-12/h4-7H,8-9H2,1-3H3. The van der Waals surface area contributed by atoms with Gasteiger partial charge in [-0.3, -0.25) is 9.48 Å². The first-order valence-electron chi connectivity index (χ1n) is 6.35. The SMILES string of the molecule is COC(=O)Cc1c(C)nn(Cc2ccc(F)cc2)c1C. The quantitative estimate of drug-likeness (QED) is 0.805. The molecule has 0 radical (unpaired) electrons. The molecule has 1 aromatic heterocycles. The van der Waals surface area contributed by atoms with Crippen LogP contribution in [0.25, 0.3) is 0 Å². The van der Waals surface area contributed by atoms with Crippen LogP contribution in [0.5, 0.6) is 0 Å². The molecule has 4 nitrogen and oxygen atoms in total. The van der Waals surface area contributed by atoms with Crippen LogP contribution in [0.15, 0.2) is 24.3 Å². The molecule has 0 bridgehead atoms. The van der Waals surface area contributed by atoms with Crippen LogP contribution in [0.1, 0.15) is 22.5 Å². The molecule has 20 heavy (non-hydrogen) atoms.